The van der Waals surface area contributed by atoms with Gasteiger partial charge in [-0.2, -0.15) is 17.4 Å². The number of hydrogen-bond donors (Lipinski definition) is 2. The fourth-order valence-corrected chi connectivity index (χ4v) is 2.81. The molecule has 0 amide bonds. The van der Waals surface area contributed by atoms with Crippen molar-refractivity contribution in [3.05, 3.63) is 0 Å². The molecule has 0 bridgehead atoms. The number of aliphatic hydroxyl groups excluding tert-OH is 1. The average Bonchev–Trinajstić information content (AvgIpc) is 2.24. The second kappa shape index (κ2) is 6.10. The lowest BCUT2D eigenvalue weighted by Crippen LogP contribution is -2.51. The van der Waals surface area contributed by atoms with Gasteiger partial charge in [-0.25, -0.2) is 0 Å². The van der Waals surface area contributed by atoms with Gasteiger partial charge in [-0.3, -0.25) is 0 Å². The van der Waals surface area contributed by atoms with Gasteiger partial charge in [0.05, 0.1) is 5.60 Å². The third-order valence-corrected chi connectivity index (χ3v) is 4.83. The van der Waals surface area contributed by atoms with Crippen LogP contribution in [-0.2, 0) is 14.9 Å². The highest BCUT2D eigenvalue weighted by molar-refractivity contribution is 7.87. The summed E-state index contributed by atoms with van der Waals surface area (Å²) >= 11 is 0. The summed E-state index contributed by atoms with van der Waals surface area (Å²) in [6.45, 7) is 0.614. The smallest absolute Gasteiger partial charge is 0.279 e. The summed E-state index contributed by atoms with van der Waals surface area (Å²) in [6.07, 6.45) is 3.31. The maximum absolute atomic E-state index is 11.8. The van der Waals surface area contributed by atoms with Crippen LogP contribution in [0.25, 0.3) is 0 Å². The third kappa shape index (κ3) is 3.89. The van der Waals surface area contributed by atoms with E-state index in [9.17, 15) is 8.42 Å². The molecule has 1 aliphatic carbocycles. The van der Waals surface area contributed by atoms with Crippen molar-refractivity contribution in [1.29, 1.82) is 0 Å². The number of methoxy groups -OCH3 is 1. The van der Waals surface area contributed by atoms with E-state index in [1.54, 1.807) is 7.11 Å². The fourth-order valence-electron chi connectivity index (χ4n) is 1.77. The van der Waals surface area contributed by atoms with Crippen molar-refractivity contribution < 1.29 is 18.3 Å². The van der Waals surface area contributed by atoms with Gasteiger partial charge < -0.3 is 9.84 Å². The number of ether oxygens (including phenoxy) is 1. The van der Waals surface area contributed by atoms with Crippen molar-refractivity contribution >= 4 is 10.2 Å². The van der Waals surface area contributed by atoms with Crippen LogP contribution < -0.4 is 4.72 Å². The molecule has 0 aromatic heterocycles. The number of hydrogen-bond acceptors (Lipinski definition) is 4. The standard InChI is InChI=1S/C10H22N2O4S/c1-12(7-4-8-13)17(14,15)11-9-10(16-2)5-3-6-10/h11,13H,3-9H2,1-2H3. The van der Waals surface area contributed by atoms with E-state index in [0.717, 1.165) is 19.3 Å². The van der Waals surface area contributed by atoms with Crippen LogP contribution in [0.2, 0.25) is 0 Å². The normalized spacial score (nSPS) is 19.3. The molecule has 0 aromatic carbocycles. The summed E-state index contributed by atoms with van der Waals surface area (Å²) in [6, 6.07) is 0. The Balaban J connectivity index is 2.43. The Bertz CT molecular complexity index is 322. The summed E-state index contributed by atoms with van der Waals surface area (Å²) in [5, 5.41) is 8.66. The van der Waals surface area contributed by atoms with Crippen LogP contribution in [0.1, 0.15) is 25.7 Å². The van der Waals surface area contributed by atoms with Crippen LogP contribution in [0.4, 0.5) is 0 Å². The van der Waals surface area contributed by atoms with Crippen LogP contribution in [0.15, 0.2) is 0 Å². The van der Waals surface area contributed by atoms with E-state index in [1.807, 2.05) is 0 Å². The van der Waals surface area contributed by atoms with Gasteiger partial charge in [0, 0.05) is 33.9 Å². The Kier molecular flexibility index (Phi) is 5.33. The minimum atomic E-state index is -3.46. The Hall–Kier alpha value is -0.210. The van der Waals surface area contributed by atoms with Gasteiger partial charge in [-0.1, -0.05) is 0 Å². The van der Waals surface area contributed by atoms with Crippen LogP contribution in [-0.4, -0.2) is 57.3 Å². The van der Waals surface area contributed by atoms with Crippen LogP contribution >= 0.6 is 0 Å². The Morgan fingerprint density at radius 1 is 1.47 bits per heavy atom. The number of rotatable bonds is 8. The van der Waals surface area contributed by atoms with E-state index < -0.39 is 10.2 Å². The molecule has 0 aliphatic heterocycles. The molecule has 0 atom stereocenters. The van der Waals surface area contributed by atoms with E-state index in [0.29, 0.717) is 19.5 Å². The van der Waals surface area contributed by atoms with Crippen molar-refractivity contribution in [2.75, 3.05) is 33.9 Å². The van der Waals surface area contributed by atoms with Gasteiger partial charge in [0.25, 0.3) is 10.2 Å². The van der Waals surface area contributed by atoms with Gasteiger partial charge in [0.2, 0.25) is 0 Å². The van der Waals surface area contributed by atoms with Crippen molar-refractivity contribution in [3.63, 3.8) is 0 Å². The van der Waals surface area contributed by atoms with Gasteiger partial charge in [0.15, 0.2) is 0 Å². The highest BCUT2D eigenvalue weighted by Crippen LogP contribution is 2.34. The van der Waals surface area contributed by atoms with Crippen LogP contribution in [0, 0.1) is 0 Å². The van der Waals surface area contributed by atoms with Gasteiger partial charge in [-0.15, -0.1) is 0 Å². The molecule has 0 unspecified atom stereocenters. The number of nitrogens with one attached hydrogen (secondary N) is 1. The quantitative estimate of drug-likeness (QED) is 0.632. The number of nitrogens with zero attached hydrogens (tertiary/aromatic N) is 1. The lowest BCUT2D eigenvalue weighted by molar-refractivity contribution is -0.0661. The molecular weight excluding hydrogens is 244 g/mol. The predicted octanol–water partition coefficient (Wildman–Crippen LogP) is -0.296. The summed E-state index contributed by atoms with van der Waals surface area (Å²) in [5.74, 6) is 0. The zero-order chi connectivity index (χ0) is 12.9. The van der Waals surface area contributed by atoms with Gasteiger partial charge >= 0.3 is 0 Å². The Morgan fingerprint density at radius 3 is 2.53 bits per heavy atom. The second-order valence-corrected chi connectivity index (χ2v) is 6.33. The minimum absolute atomic E-state index is 0.0120. The summed E-state index contributed by atoms with van der Waals surface area (Å²) in [7, 11) is -0.348. The van der Waals surface area contributed by atoms with E-state index in [-0.39, 0.29) is 12.2 Å². The van der Waals surface area contributed by atoms with Crippen molar-refractivity contribution in [2.24, 2.45) is 0 Å². The maximum Gasteiger partial charge on any atom is 0.279 e. The highest BCUT2D eigenvalue weighted by atomic mass is 32.2. The van der Waals surface area contributed by atoms with Crippen LogP contribution in [0.5, 0.6) is 0 Å². The summed E-state index contributed by atoms with van der Waals surface area (Å²) in [4.78, 5) is 0. The lowest BCUT2D eigenvalue weighted by atomic mass is 9.80. The Labute approximate surface area is 103 Å². The zero-order valence-corrected chi connectivity index (χ0v) is 11.3. The van der Waals surface area contributed by atoms with Crippen LogP contribution in [0.3, 0.4) is 0 Å². The highest BCUT2D eigenvalue weighted by Gasteiger charge is 2.38. The fraction of sp³-hybridized carbons (Fsp3) is 1.00. The molecule has 1 saturated carbocycles. The van der Waals surface area contributed by atoms with Gasteiger partial charge in [0.1, 0.15) is 0 Å². The molecule has 2 N–H and O–H groups in total. The lowest BCUT2D eigenvalue weighted by Gasteiger charge is -2.40. The molecular formula is C10H22N2O4S. The zero-order valence-electron chi connectivity index (χ0n) is 10.5. The minimum Gasteiger partial charge on any atom is -0.396 e. The maximum atomic E-state index is 11.8. The topological polar surface area (TPSA) is 78.9 Å². The molecule has 102 valence electrons. The first-order valence-electron chi connectivity index (χ1n) is 5.83. The van der Waals surface area contributed by atoms with E-state index in [4.69, 9.17) is 9.84 Å². The molecule has 1 aliphatic rings. The average molecular weight is 266 g/mol. The SMILES string of the molecule is COC1(CNS(=O)(=O)N(C)CCCO)CCC1. The van der Waals surface area contributed by atoms with Crippen molar-refractivity contribution in [1.82, 2.24) is 9.03 Å². The molecule has 6 nitrogen and oxygen atoms in total. The van der Waals surface area contributed by atoms with Crippen molar-refractivity contribution in [3.8, 4) is 0 Å². The molecule has 0 saturated heterocycles. The molecule has 7 heteroatoms. The molecule has 0 spiro atoms. The molecule has 17 heavy (non-hydrogen) atoms. The molecule has 1 fully saturated rings. The largest absolute Gasteiger partial charge is 0.396 e. The first kappa shape index (κ1) is 14.8. The van der Waals surface area contributed by atoms with Crippen molar-refractivity contribution in [2.45, 2.75) is 31.3 Å². The summed E-state index contributed by atoms with van der Waals surface area (Å²) < 4.78 is 32.7. The van der Waals surface area contributed by atoms with E-state index in [2.05, 4.69) is 4.72 Å². The molecule has 0 heterocycles. The molecule has 0 aromatic rings. The van der Waals surface area contributed by atoms with E-state index in [1.165, 1.54) is 11.4 Å². The number of aliphatic hydroxyl groups is 1. The molecule has 0 radical (unpaired) electrons. The second-order valence-electron chi connectivity index (χ2n) is 4.47. The van der Waals surface area contributed by atoms with Gasteiger partial charge in [-0.05, 0) is 25.7 Å². The predicted molar refractivity (Wildman–Crippen MR) is 64.8 cm³/mol. The first-order valence-corrected chi connectivity index (χ1v) is 7.27. The third-order valence-electron chi connectivity index (χ3n) is 3.32. The molecule has 1 rings (SSSR count). The first-order chi connectivity index (χ1) is 7.96. The Morgan fingerprint density at radius 2 is 2.12 bits per heavy atom. The monoisotopic (exact) mass is 266 g/mol. The van der Waals surface area contributed by atoms with E-state index >= 15 is 0 Å². The summed E-state index contributed by atoms with van der Waals surface area (Å²) in [5.41, 5.74) is -0.315.